The highest BCUT2D eigenvalue weighted by atomic mass is 19.4. The molecule has 2 heterocycles. The van der Waals surface area contributed by atoms with Crippen LogP contribution in [0.5, 0.6) is 5.75 Å². The van der Waals surface area contributed by atoms with E-state index in [4.69, 9.17) is 5.11 Å². The third-order valence-corrected chi connectivity index (χ3v) is 1.88. The predicted molar refractivity (Wildman–Crippen MR) is 48.0 cm³/mol. The maximum atomic E-state index is 12.3. The average molecular weight is 229 g/mol. The summed E-state index contributed by atoms with van der Waals surface area (Å²) in [6.07, 6.45) is -0.409. The van der Waals surface area contributed by atoms with Crippen LogP contribution < -0.4 is 0 Å². The Morgan fingerprint density at radius 1 is 1.19 bits per heavy atom. The minimum Gasteiger partial charge on any atom is -0.506 e. The van der Waals surface area contributed by atoms with Crippen molar-refractivity contribution in [1.29, 1.82) is 0 Å². The van der Waals surface area contributed by atoms with Crippen LogP contribution in [0.4, 0.5) is 13.2 Å². The zero-order valence-corrected chi connectivity index (χ0v) is 7.81. The second-order valence-electron chi connectivity index (χ2n) is 3.07. The number of aromatic hydroxyl groups is 1. The molecule has 0 saturated heterocycles. The average Bonchev–Trinajstić information content (AvgIpc) is 2.65. The number of hydrogen-bond acceptors (Lipinski definition) is 3. The molecule has 16 heavy (non-hydrogen) atoms. The van der Waals surface area contributed by atoms with E-state index in [-0.39, 0.29) is 11.4 Å². The first-order valence-electron chi connectivity index (χ1n) is 4.23. The third kappa shape index (κ3) is 1.97. The van der Waals surface area contributed by atoms with Gasteiger partial charge >= 0.3 is 6.18 Å². The smallest absolute Gasteiger partial charge is 0.419 e. The quantitative estimate of drug-likeness (QED) is 0.813. The summed E-state index contributed by atoms with van der Waals surface area (Å²) in [5, 5.41) is 12.7. The second-order valence-corrected chi connectivity index (χ2v) is 3.07. The Morgan fingerprint density at radius 3 is 2.50 bits per heavy atom. The van der Waals surface area contributed by atoms with E-state index < -0.39 is 11.7 Å². The van der Waals surface area contributed by atoms with Crippen LogP contribution in [0, 0.1) is 0 Å². The molecule has 0 amide bonds. The van der Waals surface area contributed by atoms with Gasteiger partial charge in [-0.25, -0.2) is 4.68 Å². The molecule has 1 N–H and O–H groups in total. The fraction of sp³-hybridized carbons (Fsp3) is 0.111. The summed E-state index contributed by atoms with van der Waals surface area (Å²) < 4.78 is 37.8. The molecule has 2 aromatic heterocycles. The number of nitrogens with zero attached hydrogens (tertiary/aromatic N) is 3. The van der Waals surface area contributed by atoms with Crippen LogP contribution >= 0.6 is 0 Å². The van der Waals surface area contributed by atoms with Crippen molar-refractivity contribution in [2.45, 2.75) is 6.18 Å². The molecule has 0 saturated carbocycles. The summed E-state index contributed by atoms with van der Waals surface area (Å²) in [5.74, 6) is -0.137. The molecule has 2 rings (SSSR count). The first-order valence-corrected chi connectivity index (χ1v) is 4.23. The Balaban J connectivity index is 2.39. The number of pyridine rings is 1. The van der Waals surface area contributed by atoms with E-state index in [2.05, 4.69) is 10.1 Å². The fourth-order valence-electron chi connectivity index (χ4n) is 1.15. The van der Waals surface area contributed by atoms with Gasteiger partial charge in [0.15, 0.2) is 0 Å². The fourth-order valence-corrected chi connectivity index (χ4v) is 1.15. The van der Waals surface area contributed by atoms with E-state index in [0.717, 1.165) is 10.9 Å². The van der Waals surface area contributed by atoms with Gasteiger partial charge in [-0.05, 0) is 0 Å². The molecule has 84 valence electrons. The van der Waals surface area contributed by atoms with Crippen LogP contribution in [0.2, 0.25) is 0 Å². The molecule has 0 spiro atoms. The van der Waals surface area contributed by atoms with Crippen molar-refractivity contribution in [3.63, 3.8) is 0 Å². The van der Waals surface area contributed by atoms with Crippen molar-refractivity contribution >= 4 is 0 Å². The first-order chi connectivity index (χ1) is 7.47. The Morgan fingerprint density at radius 2 is 1.94 bits per heavy atom. The van der Waals surface area contributed by atoms with Crippen molar-refractivity contribution in [2.75, 3.05) is 0 Å². The zero-order chi connectivity index (χ0) is 11.8. The largest absolute Gasteiger partial charge is 0.506 e. The lowest BCUT2D eigenvalue weighted by Crippen LogP contribution is -2.03. The summed E-state index contributed by atoms with van der Waals surface area (Å²) in [6, 6.07) is 1.26. The minimum absolute atomic E-state index is 0.137. The van der Waals surface area contributed by atoms with Crippen LogP contribution in [0.15, 0.2) is 30.9 Å². The van der Waals surface area contributed by atoms with Gasteiger partial charge in [-0.2, -0.15) is 18.3 Å². The van der Waals surface area contributed by atoms with E-state index in [1.165, 1.54) is 18.5 Å². The molecule has 0 aliphatic carbocycles. The lowest BCUT2D eigenvalue weighted by Gasteiger charge is -2.02. The standard InChI is InChI=1S/C9H6F3N3O/c10-9(11,12)6-2-14-15(5-6)7-1-8(16)4-13-3-7/h1-5,16H. The highest BCUT2D eigenvalue weighted by Gasteiger charge is 2.32. The van der Waals surface area contributed by atoms with Gasteiger partial charge in [0, 0.05) is 12.3 Å². The number of rotatable bonds is 1. The Kier molecular flexibility index (Phi) is 2.30. The molecule has 2 aromatic rings. The van der Waals surface area contributed by atoms with E-state index in [9.17, 15) is 13.2 Å². The first kappa shape index (κ1) is 10.5. The number of aromatic nitrogens is 3. The molecule has 0 unspecified atom stereocenters. The van der Waals surface area contributed by atoms with Gasteiger partial charge in [-0.3, -0.25) is 4.98 Å². The van der Waals surface area contributed by atoms with E-state index in [0.29, 0.717) is 6.20 Å². The van der Waals surface area contributed by atoms with Gasteiger partial charge in [0.2, 0.25) is 0 Å². The van der Waals surface area contributed by atoms with Gasteiger partial charge in [-0.1, -0.05) is 0 Å². The highest BCUT2D eigenvalue weighted by Crippen LogP contribution is 2.29. The van der Waals surface area contributed by atoms with Gasteiger partial charge in [0.1, 0.15) is 5.75 Å². The molecule has 0 aliphatic heterocycles. The van der Waals surface area contributed by atoms with Crippen molar-refractivity contribution in [2.24, 2.45) is 0 Å². The second kappa shape index (κ2) is 3.51. The number of halogens is 3. The highest BCUT2D eigenvalue weighted by molar-refractivity contribution is 5.34. The van der Waals surface area contributed by atoms with Crippen molar-refractivity contribution in [3.05, 3.63) is 36.4 Å². The van der Waals surface area contributed by atoms with Gasteiger partial charge < -0.3 is 5.11 Å². The van der Waals surface area contributed by atoms with Crippen LogP contribution in [-0.2, 0) is 6.18 Å². The summed E-state index contributed by atoms with van der Waals surface area (Å²) in [6.45, 7) is 0. The molecule has 0 atom stereocenters. The number of hydrogen-bond donors (Lipinski definition) is 1. The Hall–Kier alpha value is -2.05. The monoisotopic (exact) mass is 229 g/mol. The molecule has 4 nitrogen and oxygen atoms in total. The van der Waals surface area contributed by atoms with Crippen LogP contribution in [0.3, 0.4) is 0 Å². The topological polar surface area (TPSA) is 50.9 Å². The lowest BCUT2D eigenvalue weighted by molar-refractivity contribution is -0.137. The molecule has 7 heteroatoms. The SMILES string of the molecule is Oc1cncc(-n2cc(C(F)(F)F)cn2)c1. The molecule has 0 fully saturated rings. The van der Waals surface area contributed by atoms with E-state index >= 15 is 0 Å². The van der Waals surface area contributed by atoms with Crippen molar-refractivity contribution in [1.82, 2.24) is 14.8 Å². The minimum atomic E-state index is -4.43. The van der Waals surface area contributed by atoms with Gasteiger partial charge in [-0.15, -0.1) is 0 Å². The molecule has 0 radical (unpaired) electrons. The third-order valence-electron chi connectivity index (χ3n) is 1.88. The maximum absolute atomic E-state index is 12.3. The number of alkyl halides is 3. The normalized spacial score (nSPS) is 11.7. The van der Waals surface area contributed by atoms with Crippen LogP contribution in [0.25, 0.3) is 5.69 Å². The Bertz CT molecular complexity index is 507. The summed E-state index contributed by atoms with van der Waals surface area (Å²) in [4.78, 5) is 3.64. The maximum Gasteiger partial charge on any atom is 0.419 e. The van der Waals surface area contributed by atoms with Crippen molar-refractivity contribution in [3.8, 4) is 11.4 Å². The van der Waals surface area contributed by atoms with Crippen LogP contribution in [-0.4, -0.2) is 19.9 Å². The lowest BCUT2D eigenvalue weighted by atomic mass is 10.3. The summed E-state index contributed by atoms with van der Waals surface area (Å²) in [5.41, 5.74) is -0.591. The molecule has 0 bridgehead atoms. The van der Waals surface area contributed by atoms with E-state index in [1.807, 2.05) is 0 Å². The summed E-state index contributed by atoms with van der Waals surface area (Å²) in [7, 11) is 0. The van der Waals surface area contributed by atoms with E-state index in [1.54, 1.807) is 0 Å². The van der Waals surface area contributed by atoms with Crippen LogP contribution in [0.1, 0.15) is 5.56 Å². The van der Waals surface area contributed by atoms with Crippen molar-refractivity contribution < 1.29 is 18.3 Å². The summed E-state index contributed by atoms with van der Waals surface area (Å²) >= 11 is 0. The zero-order valence-electron chi connectivity index (χ0n) is 7.81. The Labute approximate surface area is 88.0 Å². The molecule has 0 aromatic carbocycles. The predicted octanol–water partition coefficient (Wildman–Crippen LogP) is 1.99. The van der Waals surface area contributed by atoms with Gasteiger partial charge in [0.25, 0.3) is 0 Å². The molecule has 0 aliphatic rings. The molecular weight excluding hydrogens is 223 g/mol. The van der Waals surface area contributed by atoms with Gasteiger partial charge in [0.05, 0.1) is 29.8 Å². The molecular formula is C9H6F3N3O.